The summed E-state index contributed by atoms with van der Waals surface area (Å²) in [4.78, 5) is 27.2. The van der Waals surface area contributed by atoms with E-state index in [1.807, 2.05) is 42.5 Å². The standard InChI is InChI=1S/C19H15ClN4O/c20-13-7-5-12(6-8-13)16-11-21-17(23-16)9-10-18-22-15-4-2-1-3-14(15)19(25)24-18/h1-8,11H,9-10H2,(H,21,23)(H,22,24,25). The lowest BCUT2D eigenvalue weighted by molar-refractivity contribution is 0.821. The van der Waals surface area contributed by atoms with Crippen molar-refractivity contribution in [1.82, 2.24) is 19.9 Å². The molecule has 4 aromatic rings. The number of H-pyrrole nitrogens is 2. The average Bonchev–Trinajstić information content (AvgIpc) is 3.10. The van der Waals surface area contributed by atoms with Crippen LogP contribution in [-0.2, 0) is 12.8 Å². The smallest absolute Gasteiger partial charge is 0.258 e. The van der Waals surface area contributed by atoms with E-state index in [0.717, 1.165) is 17.1 Å². The SMILES string of the molecule is O=c1[nH]c(CCc2ncc(-c3ccc(Cl)cc3)[nH]2)nc2ccccc12. The molecule has 2 heterocycles. The van der Waals surface area contributed by atoms with Gasteiger partial charge in [-0.15, -0.1) is 0 Å². The Bertz CT molecular complexity index is 1080. The lowest BCUT2D eigenvalue weighted by atomic mass is 10.2. The molecule has 0 fully saturated rings. The molecule has 25 heavy (non-hydrogen) atoms. The molecule has 0 aliphatic rings. The summed E-state index contributed by atoms with van der Waals surface area (Å²) in [6, 6.07) is 14.9. The highest BCUT2D eigenvalue weighted by Crippen LogP contribution is 2.20. The molecule has 0 unspecified atom stereocenters. The Morgan fingerprint density at radius 1 is 0.920 bits per heavy atom. The van der Waals surface area contributed by atoms with Crippen LogP contribution in [0.5, 0.6) is 0 Å². The molecule has 2 aromatic heterocycles. The maximum absolute atomic E-state index is 12.1. The number of hydrogen-bond acceptors (Lipinski definition) is 3. The van der Waals surface area contributed by atoms with Crippen molar-refractivity contribution in [2.24, 2.45) is 0 Å². The number of nitrogens with one attached hydrogen (secondary N) is 2. The summed E-state index contributed by atoms with van der Waals surface area (Å²) in [5, 5.41) is 1.31. The van der Waals surface area contributed by atoms with Crippen molar-refractivity contribution in [2.45, 2.75) is 12.8 Å². The van der Waals surface area contributed by atoms with Crippen molar-refractivity contribution in [3.63, 3.8) is 0 Å². The average molecular weight is 351 g/mol. The summed E-state index contributed by atoms with van der Waals surface area (Å²) in [5.74, 6) is 1.51. The minimum atomic E-state index is -0.109. The number of aromatic amines is 2. The van der Waals surface area contributed by atoms with Gasteiger partial charge >= 0.3 is 0 Å². The Balaban J connectivity index is 1.52. The van der Waals surface area contributed by atoms with Crippen LogP contribution in [0.3, 0.4) is 0 Å². The molecule has 0 bridgehead atoms. The highest BCUT2D eigenvalue weighted by atomic mass is 35.5. The number of hydrogen-bond donors (Lipinski definition) is 2. The third-order valence-corrected chi connectivity index (χ3v) is 4.30. The fraction of sp³-hybridized carbons (Fsp3) is 0.105. The van der Waals surface area contributed by atoms with Gasteiger partial charge in [-0.25, -0.2) is 9.97 Å². The van der Waals surface area contributed by atoms with Gasteiger partial charge in [-0.05, 0) is 29.8 Å². The topological polar surface area (TPSA) is 74.4 Å². The fourth-order valence-electron chi connectivity index (χ4n) is 2.76. The van der Waals surface area contributed by atoms with Crippen molar-refractivity contribution < 1.29 is 0 Å². The molecule has 0 atom stereocenters. The van der Waals surface area contributed by atoms with Gasteiger partial charge in [-0.1, -0.05) is 35.9 Å². The molecule has 0 amide bonds. The summed E-state index contributed by atoms with van der Waals surface area (Å²) in [5.41, 5.74) is 2.57. The molecular formula is C19H15ClN4O. The first kappa shape index (κ1) is 15.6. The molecule has 0 spiro atoms. The summed E-state index contributed by atoms with van der Waals surface area (Å²) >= 11 is 5.91. The van der Waals surface area contributed by atoms with Crippen molar-refractivity contribution in [3.05, 3.63) is 81.8 Å². The number of para-hydroxylation sites is 1. The summed E-state index contributed by atoms with van der Waals surface area (Å²) in [6.45, 7) is 0. The number of benzene rings is 2. The van der Waals surface area contributed by atoms with E-state index in [1.165, 1.54) is 0 Å². The van der Waals surface area contributed by atoms with E-state index in [9.17, 15) is 4.79 Å². The van der Waals surface area contributed by atoms with Gasteiger partial charge in [0.05, 0.1) is 22.8 Å². The summed E-state index contributed by atoms with van der Waals surface area (Å²) in [6.07, 6.45) is 3.07. The lowest BCUT2D eigenvalue weighted by Crippen LogP contribution is -2.12. The number of aryl methyl sites for hydroxylation is 2. The van der Waals surface area contributed by atoms with E-state index in [1.54, 1.807) is 12.3 Å². The molecule has 0 saturated heterocycles. The number of nitrogens with zero attached hydrogens (tertiary/aromatic N) is 2. The van der Waals surface area contributed by atoms with Gasteiger partial charge in [-0.3, -0.25) is 4.79 Å². The molecule has 4 rings (SSSR count). The number of rotatable bonds is 4. The summed E-state index contributed by atoms with van der Waals surface area (Å²) in [7, 11) is 0. The number of halogens is 1. The first-order chi connectivity index (χ1) is 12.2. The number of fused-ring (bicyclic) bond motifs is 1. The third-order valence-electron chi connectivity index (χ3n) is 4.04. The van der Waals surface area contributed by atoms with Gasteiger partial charge in [0.15, 0.2) is 0 Å². The predicted octanol–water partition coefficient (Wildman–Crippen LogP) is 3.75. The van der Waals surface area contributed by atoms with Gasteiger partial charge in [0.2, 0.25) is 0 Å². The van der Waals surface area contributed by atoms with Crippen LogP contribution in [0.25, 0.3) is 22.2 Å². The second-order valence-corrected chi connectivity index (χ2v) is 6.22. The van der Waals surface area contributed by atoms with Crippen LogP contribution >= 0.6 is 11.6 Å². The zero-order valence-electron chi connectivity index (χ0n) is 13.3. The molecule has 0 radical (unpaired) electrons. The minimum Gasteiger partial charge on any atom is -0.342 e. The maximum atomic E-state index is 12.1. The molecule has 124 valence electrons. The zero-order valence-corrected chi connectivity index (χ0v) is 14.0. The molecule has 6 heteroatoms. The van der Waals surface area contributed by atoms with Gasteiger partial charge < -0.3 is 9.97 Å². The predicted molar refractivity (Wildman–Crippen MR) is 98.8 cm³/mol. The Kier molecular flexibility index (Phi) is 4.07. The molecule has 5 nitrogen and oxygen atoms in total. The highest BCUT2D eigenvalue weighted by Gasteiger charge is 2.07. The Labute approximate surface area is 148 Å². The van der Waals surface area contributed by atoms with Crippen LogP contribution in [0.2, 0.25) is 5.02 Å². The largest absolute Gasteiger partial charge is 0.342 e. The maximum Gasteiger partial charge on any atom is 0.258 e. The molecule has 0 aliphatic heterocycles. The van der Waals surface area contributed by atoms with Crippen LogP contribution < -0.4 is 5.56 Å². The van der Waals surface area contributed by atoms with Crippen LogP contribution in [0, 0.1) is 0 Å². The van der Waals surface area contributed by atoms with Gasteiger partial charge in [0.25, 0.3) is 5.56 Å². The Morgan fingerprint density at radius 2 is 1.68 bits per heavy atom. The normalized spacial score (nSPS) is 11.1. The van der Waals surface area contributed by atoms with E-state index < -0.39 is 0 Å². The molecule has 2 aromatic carbocycles. The molecular weight excluding hydrogens is 336 g/mol. The second kappa shape index (κ2) is 6.53. The highest BCUT2D eigenvalue weighted by molar-refractivity contribution is 6.30. The lowest BCUT2D eigenvalue weighted by Gasteiger charge is -2.02. The van der Waals surface area contributed by atoms with Gasteiger partial charge in [0, 0.05) is 17.9 Å². The van der Waals surface area contributed by atoms with E-state index >= 15 is 0 Å². The van der Waals surface area contributed by atoms with Crippen molar-refractivity contribution in [3.8, 4) is 11.3 Å². The van der Waals surface area contributed by atoms with E-state index in [2.05, 4.69) is 19.9 Å². The van der Waals surface area contributed by atoms with E-state index in [0.29, 0.717) is 34.6 Å². The third kappa shape index (κ3) is 3.32. The van der Waals surface area contributed by atoms with E-state index in [-0.39, 0.29) is 5.56 Å². The second-order valence-electron chi connectivity index (χ2n) is 5.78. The van der Waals surface area contributed by atoms with Crippen LogP contribution in [0.4, 0.5) is 0 Å². The van der Waals surface area contributed by atoms with Crippen LogP contribution in [0.1, 0.15) is 11.6 Å². The molecule has 2 N–H and O–H groups in total. The Morgan fingerprint density at radius 3 is 2.52 bits per heavy atom. The van der Waals surface area contributed by atoms with E-state index in [4.69, 9.17) is 11.6 Å². The van der Waals surface area contributed by atoms with Crippen molar-refractivity contribution in [1.29, 1.82) is 0 Å². The van der Waals surface area contributed by atoms with Crippen LogP contribution in [-0.4, -0.2) is 19.9 Å². The summed E-state index contributed by atoms with van der Waals surface area (Å²) < 4.78 is 0. The number of imidazole rings is 1. The zero-order chi connectivity index (χ0) is 17.2. The van der Waals surface area contributed by atoms with Gasteiger partial charge in [0.1, 0.15) is 11.6 Å². The van der Waals surface area contributed by atoms with Crippen molar-refractivity contribution in [2.75, 3.05) is 0 Å². The van der Waals surface area contributed by atoms with Gasteiger partial charge in [-0.2, -0.15) is 0 Å². The first-order valence-corrected chi connectivity index (χ1v) is 8.34. The first-order valence-electron chi connectivity index (χ1n) is 7.97. The van der Waals surface area contributed by atoms with Crippen LogP contribution in [0.15, 0.2) is 59.5 Å². The number of aromatic nitrogens is 4. The quantitative estimate of drug-likeness (QED) is 0.588. The monoisotopic (exact) mass is 350 g/mol. The Hall–Kier alpha value is -2.92. The molecule has 0 saturated carbocycles. The fourth-order valence-corrected chi connectivity index (χ4v) is 2.88. The van der Waals surface area contributed by atoms with Crippen molar-refractivity contribution >= 4 is 22.5 Å². The minimum absolute atomic E-state index is 0.109. The molecule has 0 aliphatic carbocycles.